The van der Waals surface area contributed by atoms with E-state index in [9.17, 15) is 0 Å². The molecule has 0 aromatic carbocycles. The zero-order valence-electron chi connectivity index (χ0n) is 14.2. The topological polar surface area (TPSA) is 48.9 Å². The van der Waals surface area contributed by atoms with Crippen LogP contribution in [0.25, 0.3) is 0 Å². The summed E-state index contributed by atoms with van der Waals surface area (Å²) in [5, 5.41) is 6.62. The number of piperidine rings is 1. The summed E-state index contributed by atoms with van der Waals surface area (Å²) in [5.41, 5.74) is 0. The summed E-state index contributed by atoms with van der Waals surface area (Å²) in [4.78, 5) is 6.85. The average Bonchev–Trinajstić information content (AvgIpc) is 2.50. The van der Waals surface area contributed by atoms with Crippen molar-refractivity contribution in [2.45, 2.75) is 52.0 Å². The number of rotatable bonds is 9. The fourth-order valence-electron chi connectivity index (χ4n) is 2.74. The van der Waals surface area contributed by atoms with Crippen molar-refractivity contribution in [2.75, 3.05) is 46.4 Å². The molecule has 1 aliphatic rings. The zero-order valence-corrected chi connectivity index (χ0v) is 14.2. The van der Waals surface area contributed by atoms with E-state index >= 15 is 0 Å². The molecule has 124 valence electrons. The van der Waals surface area contributed by atoms with E-state index in [-0.39, 0.29) is 0 Å². The van der Waals surface area contributed by atoms with Gasteiger partial charge in [-0.05, 0) is 52.6 Å². The van der Waals surface area contributed by atoms with Gasteiger partial charge in [0, 0.05) is 32.8 Å². The summed E-state index contributed by atoms with van der Waals surface area (Å²) in [5.74, 6) is 0.876. The van der Waals surface area contributed by atoms with E-state index < -0.39 is 0 Å². The molecule has 1 aliphatic heterocycles. The molecule has 1 atom stereocenters. The maximum Gasteiger partial charge on any atom is 0.191 e. The van der Waals surface area contributed by atoms with Crippen LogP contribution in [0, 0.1) is 0 Å². The normalized spacial score (nSPS) is 20.5. The largest absolute Gasteiger partial charge is 0.380 e. The first-order valence-electron chi connectivity index (χ1n) is 8.54. The summed E-state index contributed by atoms with van der Waals surface area (Å²) in [6, 6.07) is 0.778. The second-order valence-corrected chi connectivity index (χ2v) is 5.71. The highest BCUT2D eigenvalue weighted by atomic mass is 16.5. The molecule has 5 nitrogen and oxygen atoms in total. The minimum atomic E-state index is 0.726. The van der Waals surface area contributed by atoms with Crippen LogP contribution in [-0.4, -0.2) is 63.3 Å². The van der Waals surface area contributed by atoms with E-state index in [1.807, 2.05) is 14.0 Å². The number of unbranched alkanes of at least 4 members (excludes halogenated alkanes) is 1. The van der Waals surface area contributed by atoms with Crippen LogP contribution >= 0.6 is 0 Å². The van der Waals surface area contributed by atoms with Gasteiger partial charge in [0.1, 0.15) is 0 Å². The Balaban J connectivity index is 2.01. The Hall–Kier alpha value is -0.810. The summed E-state index contributed by atoms with van der Waals surface area (Å²) < 4.78 is 5.30. The lowest BCUT2D eigenvalue weighted by Crippen LogP contribution is -2.40. The molecule has 21 heavy (non-hydrogen) atoms. The van der Waals surface area contributed by atoms with Gasteiger partial charge in [-0.15, -0.1) is 0 Å². The Bertz CT molecular complexity index is 283. The predicted molar refractivity (Wildman–Crippen MR) is 90.0 cm³/mol. The van der Waals surface area contributed by atoms with E-state index in [2.05, 4.69) is 27.4 Å². The van der Waals surface area contributed by atoms with E-state index in [1.54, 1.807) is 0 Å². The number of guanidine groups is 1. The zero-order chi connectivity index (χ0) is 15.3. The first-order chi connectivity index (χ1) is 10.3. The summed E-state index contributed by atoms with van der Waals surface area (Å²) in [6.45, 7) is 10.2. The Labute approximate surface area is 130 Å². The van der Waals surface area contributed by atoms with Gasteiger partial charge in [0.2, 0.25) is 0 Å². The van der Waals surface area contributed by atoms with Crippen molar-refractivity contribution in [2.24, 2.45) is 4.99 Å². The van der Waals surface area contributed by atoms with Crippen molar-refractivity contribution in [1.29, 1.82) is 0 Å². The summed E-state index contributed by atoms with van der Waals surface area (Å²) in [7, 11) is 1.81. The highest BCUT2D eigenvalue weighted by Gasteiger charge is 2.16. The van der Waals surface area contributed by atoms with Crippen molar-refractivity contribution in [1.82, 2.24) is 15.5 Å². The number of hydrogen-bond acceptors (Lipinski definition) is 3. The van der Waals surface area contributed by atoms with E-state index in [0.29, 0.717) is 0 Å². The van der Waals surface area contributed by atoms with Gasteiger partial charge in [0.25, 0.3) is 0 Å². The van der Waals surface area contributed by atoms with Gasteiger partial charge in [0.05, 0.1) is 6.61 Å². The third kappa shape index (κ3) is 8.27. The highest BCUT2D eigenvalue weighted by molar-refractivity contribution is 5.79. The minimum absolute atomic E-state index is 0.726. The molecule has 1 rings (SSSR count). The molecule has 0 aromatic heterocycles. The Morgan fingerprint density at radius 2 is 2.05 bits per heavy atom. The maximum atomic E-state index is 5.30. The van der Waals surface area contributed by atoms with Crippen LogP contribution in [0.15, 0.2) is 4.99 Å². The highest BCUT2D eigenvalue weighted by Crippen LogP contribution is 2.16. The lowest BCUT2D eigenvalue weighted by molar-refractivity contribution is 0.152. The quantitative estimate of drug-likeness (QED) is 0.387. The van der Waals surface area contributed by atoms with E-state index in [0.717, 1.165) is 38.3 Å². The number of hydrogen-bond donors (Lipinski definition) is 2. The van der Waals surface area contributed by atoms with Gasteiger partial charge in [0.15, 0.2) is 5.96 Å². The molecule has 0 bridgehead atoms. The number of nitrogens with one attached hydrogen (secondary N) is 2. The molecule has 1 unspecified atom stereocenters. The van der Waals surface area contributed by atoms with Gasteiger partial charge in [-0.1, -0.05) is 6.42 Å². The van der Waals surface area contributed by atoms with E-state index in [4.69, 9.17) is 4.74 Å². The first kappa shape index (κ1) is 18.2. The minimum Gasteiger partial charge on any atom is -0.380 e. The molecular weight excluding hydrogens is 264 g/mol. The molecule has 0 aliphatic carbocycles. The van der Waals surface area contributed by atoms with Crippen molar-refractivity contribution < 1.29 is 4.74 Å². The molecule has 0 amide bonds. The first-order valence-corrected chi connectivity index (χ1v) is 8.54. The molecule has 1 fully saturated rings. The maximum absolute atomic E-state index is 5.30. The third-order valence-corrected chi connectivity index (χ3v) is 4.07. The number of aliphatic imine (C=N–C) groups is 1. The molecule has 0 aromatic rings. The average molecular weight is 298 g/mol. The van der Waals surface area contributed by atoms with Crippen LogP contribution in [0.2, 0.25) is 0 Å². The van der Waals surface area contributed by atoms with Crippen molar-refractivity contribution >= 4 is 5.96 Å². The summed E-state index contributed by atoms with van der Waals surface area (Å²) in [6.07, 6.45) is 6.60. The molecule has 5 heteroatoms. The molecule has 0 spiro atoms. The predicted octanol–water partition coefficient (Wildman–Crippen LogP) is 1.84. The van der Waals surface area contributed by atoms with Gasteiger partial charge < -0.3 is 20.3 Å². The van der Waals surface area contributed by atoms with Crippen LogP contribution in [0.1, 0.15) is 46.0 Å². The van der Waals surface area contributed by atoms with Crippen LogP contribution in [-0.2, 0) is 4.74 Å². The number of ether oxygens (including phenoxy) is 1. The van der Waals surface area contributed by atoms with E-state index in [1.165, 1.54) is 45.2 Å². The van der Waals surface area contributed by atoms with Crippen molar-refractivity contribution in [3.63, 3.8) is 0 Å². The van der Waals surface area contributed by atoms with Crippen molar-refractivity contribution in [3.8, 4) is 0 Å². The molecule has 1 saturated heterocycles. The SMILES string of the molecule is CCOCCNC(=NC)NCCCCN1CCCCC1C. The lowest BCUT2D eigenvalue weighted by Gasteiger charge is -2.33. The van der Waals surface area contributed by atoms with Gasteiger partial charge in [-0.3, -0.25) is 4.99 Å². The fraction of sp³-hybridized carbons (Fsp3) is 0.938. The monoisotopic (exact) mass is 298 g/mol. The second-order valence-electron chi connectivity index (χ2n) is 5.71. The van der Waals surface area contributed by atoms with Gasteiger partial charge >= 0.3 is 0 Å². The molecule has 2 N–H and O–H groups in total. The number of nitrogens with zero attached hydrogens (tertiary/aromatic N) is 2. The Morgan fingerprint density at radius 1 is 1.24 bits per heavy atom. The molecular formula is C16H34N4O. The Morgan fingerprint density at radius 3 is 2.76 bits per heavy atom. The summed E-state index contributed by atoms with van der Waals surface area (Å²) >= 11 is 0. The van der Waals surface area contributed by atoms with Crippen LogP contribution in [0.4, 0.5) is 0 Å². The van der Waals surface area contributed by atoms with Crippen LogP contribution in [0.5, 0.6) is 0 Å². The smallest absolute Gasteiger partial charge is 0.191 e. The van der Waals surface area contributed by atoms with Gasteiger partial charge in [-0.25, -0.2) is 0 Å². The van der Waals surface area contributed by atoms with Gasteiger partial charge in [-0.2, -0.15) is 0 Å². The van der Waals surface area contributed by atoms with Crippen molar-refractivity contribution in [3.05, 3.63) is 0 Å². The third-order valence-electron chi connectivity index (χ3n) is 4.07. The second kappa shape index (κ2) is 11.8. The van der Waals surface area contributed by atoms with Crippen LogP contribution < -0.4 is 10.6 Å². The van der Waals surface area contributed by atoms with Crippen LogP contribution in [0.3, 0.4) is 0 Å². The fourth-order valence-corrected chi connectivity index (χ4v) is 2.74. The molecule has 0 saturated carbocycles. The molecule has 0 radical (unpaired) electrons. The Kier molecular flexibility index (Phi) is 10.3. The molecule has 1 heterocycles. The lowest BCUT2D eigenvalue weighted by atomic mass is 10.0. The standard InChI is InChI=1S/C16H34N4O/c1-4-21-14-11-19-16(17-3)18-10-6-8-13-20-12-7-5-9-15(20)2/h15H,4-14H2,1-3H3,(H2,17,18,19). The number of likely N-dealkylation sites (tertiary alicyclic amines) is 1.